The molecule has 2 atom stereocenters. The van der Waals surface area contributed by atoms with Gasteiger partial charge in [0.1, 0.15) is 0 Å². The maximum Gasteiger partial charge on any atom is 0.0462 e. The highest BCUT2D eigenvalue weighted by Crippen LogP contribution is 2.33. The van der Waals surface area contributed by atoms with E-state index in [-0.39, 0.29) is 6.04 Å². The van der Waals surface area contributed by atoms with E-state index >= 15 is 0 Å². The lowest BCUT2D eigenvalue weighted by Gasteiger charge is -2.31. The van der Waals surface area contributed by atoms with Crippen molar-refractivity contribution in [1.82, 2.24) is 5.43 Å². The SMILES string of the molecule is CCCc1cccc(C(CC(C)C(C)(C)C)NN)c1. The summed E-state index contributed by atoms with van der Waals surface area (Å²) < 4.78 is 0. The van der Waals surface area contributed by atoms with Gasteiger partial charge < -0.3 is 0 Å². The zero-order valence-electron chi connectivity index (χ0n) is 13.2. The molecule has 19 heavy (non-hydrogen) atoms. The summed E-state index contributed by atoms with van der Waals surface area (Å²) in [6, 6.07) is 9.06. The highest BCUT2D eigenvalue weighted by Gasteiger charge is 2.24. The van der Waals surface area contributed by atoms with Gasteiger partial charge in [0, 0.05) is 6.04 Å². The molecule has 0 bridgehead atoms. The fourth-order valence-corrected chi connectivity index (χ4v) is 2.26. The Morgan fingerprint density at radius 2 is 1.95 bits per heavy atom. The van der Waals surface area contributed by atoms with Gasteiger partial charge in [0.05, 0.1) is 0 Å². The van der Waals surface area contributed by atoms with Crippen LogP contribution in [0.3, 0.4) is 0 Å². The molecule has 2 unspecified atom stereocenters. The maximum atomic E-state index is 5.77. The molecule has 0 aromatic heterocycles. The molecule has 0 radical (unpaired) electrons. The number of hydrogen-bond donors (Lipinski definition) is 2. The fraction of sp³-hybridized carbons (Fsp3) is 0.647. The minimum absolute atomic E-state index is 0.242. The highest BCUT2D eigenvalue weighted by molar-refractivity contribution is 5.26. The number of benzene rings is 1. The molecule has 0 fully saturated rings. The number of rotatable bonds is 6. The molecule has 1 aromatic carbocycles. The van der Waals surface area contributed by atoms with Crippen LogP contribution in [0.1, 0.15) is 64.6 Å². The Balaban J connectivity index is 2.82. The van der Waals surface area contributed by atoms with E-state index in [1.54, 1.807) is 0 Å². The second kappa shape index (κ2) is 7.06. The van der Waals surface area contributed by atoms with Gasteiger partial charge in [-0.2, -0.15) is 0 Å². The lowest BCUT2D eigenvalue weighted by Crippen LogP contribution is -2.32. The minimum atomic E-state index is 0.242. The molecule has 0 saturated carbocycles. The topological polar surface area (TPSA) is 38.0 Å². The average Bonchev–Trinajstić information content (AvgIpc) is 2.35. The lowest BCUT2D eigenvalue weighted by molar-refractivity contribution is 0.223. The summed E-state index contributed by atoms with van der Waals surface area (Å²) in [6.07, 6.45) is 3.39. The first-order valence-electron chi connectivity index (χ1n) is 7.43. The number of aryl methyl sites for hydroxylation is 1. The van der Waals surface area contributed by atoms with Crippen molar-refractivity contribution < 1.29 is 0 Å². The second-order valence-corrected chi connectivity index (χ2v) is 6.72. The van der Waals surface area contributed by atoms with Gasteiger partial charge in [0.25, 0.3) is 0 Å². The third-order valence-electron chi connectivity index (χ3n) is 4.16. The summed E-state index contributed by atoms with van der Waals surface area (Å²) >= 11 is 0. The van der Waals surface area contributed by atoms with Crippen molar-refractivity contribution in [2.45, 2.75) is 59.9 Å². The predicted octanol–water partition coefficient (Wildman–Crippen LogP) is 4.22. The van der Waals surface area contributed by atoms with Gasteiger partial charge in [-0.15, -0.1) is 0 Å². The molecule has 2 heteroatoms. The van der Waals surface area contributed by atoms with Crippen LogP contribution in [0.15, 0.2) is 24.3 Å². The largest absolute Gasteiger partial charge is 0.271 e. The Kier molecular flexibility index (Phi) is 6.02. The summed E-state index contributed by atoms with van der Waals surface area (Å²) in [5.41, 5.74) is 6.02. The molecule has 108 valence electrons. The summed E-state index contributed by atoms with van der Waals surface area (Å²) in [5, 5.41) is 0. The van der Waals surface area contributed by atoms with Crippen molar-refractivity contribution >= 4 is 0 Å². The van der Waals surface area contributed by atoms with Crippen LogP contribution in [0.5, 0.6) is 0 Å². The standard InChI is InChI=1S/C17H30N2/c1-6-8-14-9-7-10-15(12-14)16(19-18)11-13(2)17(3,4)5/h7,9-10,12-13,16,19H,6,8,11,18H2,1-5H3. The van der Waals surface area contributed by atoms with Crippen LogP contribution in [0.25, 0.3) is 0 Å². The Labute approximate surface area is 118 Å². The van der Waals surface area contributed by atoms with Crippen molar-refractivity contribution in [3.63, 3.8) is 0 Å². The summed E-state index contributed by atoms with van der Waals surface area (Å²) in [4.78, 5) is 0. The quantitative estimate of drug-likeness (QED) is 0.595. The van der Waals surface area contributed by atoms with Gasteiger partial charge in [-0.25, -0.2) is 0 Å². The van der Waals surface area contributed by atoms with E-state index in [4.69, 9.17) is 5.84 Å². The van der Waals surface area contributed by atoms with Gasteiger partial charge in [-0.05, 0) is 35.3 Å². The second-order valence-electron chi connectivity index (χ2n) is 6.72. The number of hydrazine groups is 1. The molecule has 0 aliphatic heterocycles. The molecular formula is C17H30N2. The van der Waals surface area contributed by atoms with Gasteiger partial charge >= 0.3 is 0 Å². The van der Waals surface area contributed by atoms with Crippen LogP contribution in [-0.2, 0) is 6.42 Å². The van der Waals surface area contributed by atoms with Crippen LogP contribution in [0.4, 0.5) is 0 Å². The summed E-state index contributed by atoms with van der Waals surface area (Å²) in [5.74, 6) is 6.38. The number of nitrogens with one attached hydrogen (secondary N) is 1. The molecule has 0 amide bonds. The zero-order chi connectivity index (χ0) is 14.5. The summed E-state index contributed by atoms with van der Waals surface area (Å²) in [6.45, 7) is 11.4. The molecule has 1 aromatic rings. The van der Waals surface area contributed by atoms with Crippen molar-refractivity contribution in [1.29, 1.82) is 0 Å². The van der Waals surface area contributed by atoms with E-state index in [1.807, 2.05) is 0 Å². The third-order valence-corrected chi connectivity index (χ3v) is 4.16. The van der Waals surface area contributed by atoms with Gasteiger partial charge in [-0.1, -0.05) is 65.3 Å². The van der Waals surface area contributed by atoms with E-state index in [9.17, 15) is 0 Å². The van der Waals surface area contributed by atoms with Crippen LogP contribution in [0, 0.1) is 11.3 Å². The third kappa shape index (κ3) is 4.96. The number of hydrogen-bond acceptors (Lipinski definition) is 2. The Morgan fingerprint density at radius 3 is 2.47 bits per heavy atom. The van der Waals surface area contributed by atoms with Crippen molar-refractivity contribution in [3.05, 3.63) is 35.4 Å². The van der Waals surface area contributed by atoms with Gasteiger partial charge in [0.2, 0.25) is 0 Å². The molecule has 1 rings (SSSR count). The maximum absolute atomic E-state index is 5.77. The number of nitrogens with two attached hydrogens (primary N) is 1. The normalized spacial score (nSPS) is 15.3. The minimum Gasteiger partial charge on any atom is -0.271 e. The van der Waals surface area contributed by atoms with Gasteiger partial charge in [-0.3, -0.25) is 11.3 Å². The molecule has 0 spiro atoms. The zero-order valence-corrected chi connectivity index (χ0v) is 13.2. The fourth-order valence-electron chi connectivity index (χ4n) is 2.26. The smallest absolute Gasteiger partial charge is 0.0462 e. The van der Waals surface area contributed by atoms with Crippen LogP contribution in [-0.4, -0.2) is 0 Å². The highest BCUT2D eigenvalue weighted by atomic mass is 15.2. The average molecular weight is 262 g/mol. The Morgan fingerprint density at radius 1 is 1.26 bits per heavy atom. The van der Waals surface area contributed by atoms with Crippen LogP contribution >= 0.6 is 0 Å². The first kappa shape index (κ1) is 16.2. The van der Waals surface area contributed by atoms with Crippen LogP contribution in [0.2, 0.25) is 0 Å². The Hall–Kier alpha value is -0.860. The molecule has 2 nitrogen and oxygen atoms in total. The van der Waals surface area contributed by atoms with E-state index in [0.717, 1.165) is 12.8 Å². The van der Waals surface area contributed by atoms with E-state index < -0.39 is 0 Å². The first-order valence-corrected chi connectivity index (χ1v) is 7.43. The van der Waals surface area contributed by atoms with E-state index in [1.165, 1.54) is 17.5 Å². The van der Waals surface area contributed by atoms with Crippen molar-refractivity contribution in [2.75, 3.05) is 0 Å². The monoisotopic (exact) mass is 262 g/mol. The molecule has 0 aliphatic carbocycles. The molecule has 3 N–H and O–H groups in total. The van der Waals surface area contributed by atoms with E-state index in [0.29, 0.717) is 11.3 Å². The molecule has 0 saturated heterocycles. The van der Waals surface area contributed by atoms with Crippen molar-refractivity contribution in [3.8, 4) is 0 Å². The van der Waals surface area contributed by atoms with Crippen LogP contribution < -0.4 is 11.3 Å². The van der Waals surface area contributed by atoms with Gasteiger partial charge in [0.15, 0.2) is 0 Å². The lowest BCUT2D eigenvalue weighted by atomic mass is 9.77. The summed E-state index contributed by atoms with van der Waals surface area (Å²) in [7, 11) is 0. The molecule has 0 heterocycles. The van der Waals surface area contributed by atoms with E-state index in [2.05, 4.69) is 64.3 Å². The Bertz CT molecular complexity index is 379. The molecule has 0 aliphatic rings. The first-order chi connectivity index (χ1) is 8.88. The molecular weight excluding hydrogens is 232 g/mol. The van der Waals surface area contributed by atoms with Crippen molar-refractivity contribution in [2.24, 2.45) is 17.2 Å². The predicted molar refractivity (Wildman–Crippen MR) is 83.7 cm³/mol.